The van der Waals surface area contributed by atoms with Crippen molar-refractivity contribution in [3.8, 4) is 11.5 Å². The van der Waals surface area contributed by atoms with Crippen LogP contribution in [-0.4, -0.2) is 26.2 Å². The van der Waals surface area contributed by atoms with Gasteiger partial charge in [0.05, 0.1) is 19.1 Å². The zero-order chi connectivity index (χ0) is 13.9. The number of anilines is 1. The largest absolute Gasteiger partial charge is 0.493 e. The van der Waals surface area contributed by atoms with E-state index in [1.165, 1.54) is 0 Å². The van der Waals surface area contributed by atoms with Crippen LogP contribution in [0.25, 0.3) is 0 Å². The highest BCUT2D eigenvalue weighted by molar-refractivity contribution is 5.97. The maximum Gasteiger partial charge on any atom is 0.231 e. The Morgan fingerprint density at radius 3 is 2.68 bits per heavy atom. The number of ether oxygens (including phenoxy) is 2. The number of hydrogen-bond acceptors (Lipinski definition) is 4. The molecule has 19 heavy (non-hydrogen) atoms. The Kier molecular flexibility index (Phi) is 3.95. The van der Waals surface area contributed by atoms with E-state index in [2.05, 4.69) is 5.32 Å². The molecule has 1 aromatic carbocycles. The van der Waals surface area contributed by atoms with E-state index in [0.29, 0.717) is 30.3 Å². The van der Waals surface area contributed by atoms with Gasteiger partial charge < -0.3 is 20.5 Å². The van der Waals surface area contributed by atoms with Gasteiger partial charge in [-0.2, -0.15) is 0 Å². The highest BCUT2D eigenvalue weighted by atomic mass is 16.5. The molecule has 0 aliphatic heterocycles. The minimum absolute atomic E-state index is 0.0128. The van der Waals surface area contributed by atoms with Crippen LogP contribution in [0.3, 0.4) is 0 Å². The fourth-order valence-corrected chi connectivity index (χ4v) is 1.96. The van der Waals surface area contributed by atoms with Gasteiger partial charge >= 0.3 is 0 Å². The first kappa shape index (κ1) is 13.7. The molecule has 5 heteroatoms. The number of carbonyl (C=O) groups excluding carboxylic acids is 1. The third-order valence-electron chi connectivity index (χ3n) is 3.45. The van der Waals surface area contributed by atoms with E-state index in [0.717, 1.165) is 12.8 Å². The lowest BCUT2D eigenvalue weighted by atomic mass is 10.1. The van der Waals surface area contributed by atoms with Crippen LogP contribution in [0.2, 0.25) is 0 Å². The summed E-state index contributed by atoms with van der Waals surface area (Å²) in [6, 6.07) is 5.35. The zero-order valence-corrected chi connectivity index (χ0v) is 11.4. The van der Waals surface area contributed by atoms with Gasteiger partial charge in [-0.15, -0.1) is 0 Å². The van der Waals surface area contributed by atoms with E-state index < -0.39 is 0 Å². The summed E-state index contributed by atoms with van der Waals surface area (Å²) >= 11 is 0. The average Bonchev–Trinajstić information content (AvgIpc) is 3.21. The Morgan fingerprint density at radius 2 is 2.16 bits per heavy atom. The summed E-state index contributed by atoms with van der Waals surface area (Å²) in [6.45, 7) is 2.87. The van der Waals surface area contributed by atoms with Crippen molar-refractivity contribution >= 4 is 11.6 Å². The van der Waals surface area contributed by atoms with E-state index in [1.807, 2.05) is 6.92 Å². The molecule has 0 radical (unpaired) electrons. The van der Waals surface area contributed by atoms with Gasteiger partial charge in [-0.05, 0) is 31.9 Å². The van der Waals surface area contributed by atoms with Crippen LogP contribution in [0.15, 0.2) is 18.2 Å². The quantitative estimate of drug-likeness (QED) is 0.821. The summed E-state index contributed by atoms with van der Waals surface area (Å²) in [6.07, 6.45) is 1.73. The monoisotopic (exact) mass is 264 g/mol. The van der Waals surface area contributed by atoms with E-state index >= 15 is 0 Å². The lowest BCUT2D eigenvalue weighted by Crippen LogP contribution is -2.30. The van der Waals surface area contributed by atoms with Crippen molar-refractivity contribution in [2.45, 2.75) is 19.8 Å². The summed E-state index contributed by atoms with van der Waals surface area (Å²) in [5.41, 5.74) is 5.98. The van der Waals surface area contributed by atoms with Crippen molar-refractivity contribution < 1.29 is 14.3 Å². The average molecular weight is 264 g/mol. The van der Waals surface area contributed by atoms with Crippen molar-refractivity contribution in [1.29, 1.82) is 0 Å². The molecule has 0 bridgehead atoms. The van der Waals surface area contributed by atoms with Gasteiger partial charge in [0.25, 0.3) is 0 Å². The number of rotatable bonds is 6. The minimum atomic E-state index is -0.355. The molecule has 2 rings (SSSR count). The van der Waals surface area contributed by atoms with E-state index in [4.69, 9.17) is 15.2 Å². The predicted octanol–water partition coefficient (Wildman–Crippen LogP) is 1.77. The third kappa shape index (κ3) is 2.81. The SMILES string of the molecule is CCOc1ccc(NC(=O)C2(CN)CC2)cc1OC. The topological polar surface area (TPSA) is 73.6 Å². The lowest BCUT2D eigenvalue weighted by Gasteiger charge is -2.15. The first-order chi connectivity index (χ1) is 9.15. The highest BCUT2D eigenvalue weighted by Gasteiger charge is 2.48. The summed E-state index contributed by atoms with van der Waals surface area (Å²) in [7, 11) is 1.58. The highest BCUT2D eigenvalue weighted by Crippen LogP contribution is 2.45. The molecular formula is C14H20N2O3. The number of benzene rings is 1. The maximum absolute atomic E-state index is 12.1. The smallest absolute Gasteiger partial charge is 0.231 e. The van der Waals surface area contributed by atoms with Crippen LogP contribution < -0.4 is 20.5 Å². The zero-order valence-electron chi connectivity index (χ0n) is 11.4. The molecule has 0 heterocycles. The standard InChI is InChI=1S/C14H20N2O3/c1-3-19-11-5-4-10(8-12(11)18-2)16-13(17)14(9-15)6-7-14/h4-5,8H,3,6-7,9,15H2,1-2H3,(H,16,17). The lowest BCUT2D eigenvalue weighted by molar-refractivity contribution is -0.120. The number of methoxy groups -OCH3 is 1. The van der Waals surface area contributed by atoms with Crippen molar-refractivity contribution in [1.82, 2.24) is 0 Å². The molecule has 0 aromatic heterocycles. The molecule has 0 saturated heterocycles. The van der Waals surface area contributed by atoms with Crippen molar-refractivity contribution in [3.63, 3.8) is 0 Å². The fourth-order valence-electron chi connectivity index (χ4n) is 1.96. The first-order valence-corrected chi connectivity index (χ1v) is 6.47. The van der Waals surface area contributed by atoms with E-state index in [1.54, 1.807) is 25.3 Å². The molecule has 0 spiro atoms. The molecule has 1 fully saturated rings. The van der Waals surface area contributed by atoms with Gasteiger partial charge in [0.2, 0.25) is 5.91 Å². The second kappa shape index (κ2) is 5.48. The molecule has 3 N–H and O–H groups in total. The molecule has 1 aliphatic rings. The predicted molar refractivity (Wildman–Crippen MR) is 73.5 cm³/mol. The van der Waals surface area contributed by atoms with Crippen LogP contribution >= 0.6 is 0 Å². The molecule has 0 unspecified atom stereocenters. The Morgan fingerprint density at radius 1 is 1.42 bits per heavy atom. The molecule has 0 atom stereocenters. The molecule has 104 valence electrons. The Hall–Kier alpha value is -1.75. The molecule has 5 nitrogen and oxygen atoms in total. The van der Waals surface area contributed by atoms with Gasteiger partial charge in [0.15, 0.2) is 11.5 Å². The molecular weight excluding hydrogens is 244 g/mol. The third-order valence-corrected chi connectivity index (χ3v) is 3.45. The number of nitrogens with two attached hydrogens (primary N) is 1. The van der Waals surface area contributed by atoms with Gasteiger partial charge in [-0.25, -0.2) is 0 Å². The molecule has 1 saturated carbocycles. The van der Waals surface area contributed by atoms with Gasteiger partial charge in [-0.3, -0.25) is 4.79 Å². The number of nitrogens with one attached hydrogen (secondary N) is 1. The van der Waals surface area contributed by atoms with Crippen LogP contribution in [0.4, 0.5) is 5.69 Å². The van der Waals surface area contributed by atoms with Crippen LogP contribution in [0.5, 0.6) is 11.5 Å². The fraction of sp³-hybridized carbons (Fsp3) is 0.500. The van der Waals surface area contributed by atoms with Gasteiger partial charge in [0, 0.05) is 18.3 Å². The van der Waals surface area contributed by atoms with Gasteiger partial charge in [-0.1, -0.05) is 0 Å². The first-order valence-electron chi connectivity index (χ1n) is 6.47. The van der Waals surface area contributed by atoms with Crippen LogP contribution in [0.1, 0.15) is 19.8 Å². The van der Waals surface area contributed by atoms with E-state index in [9.17, 15) is 4.79 Å². The summed E-state index contributed by atoms with van der Waals surface area (Å²) in [5, 5.41) is 2.89. The number of hydrogen-bond donors (Lipinski definition) is 2. The second-order valence-corrected chi connectivity index (χ2v) is 4.74. The Balaban J connectivity index is 2.11. The second-order valence-electron chi connectivity index (χ2n) is 4.74. The number of amides is 1. The molecule has 1 aliphatic carbocycles. The minimum Gasteiger partial charge on any atom is -0.493 e. The maximum atomic E-state index is 12.1. The normalized spacial score (nSPS) is 15.7. The van der Waals surface area contributed by atoms with Crippen molar-refractivity contribution in [3.05, 3.63) is 18.2 Å². The number of carbonyl (C=O) groups is 1. The summed E-state index contributed by atoms with van der Waals surface area (Å²) < 4.78 is 10.7. The summed E-state index contributed by atoms with van der Waals surface area (Å²) in [4.78, 5) is 12.1. The molecule has 1 amide bonds. The van der Waals surface area contributed by atoms with Crippen molar-refractivity contribution in [2.24, 2.45) is 11.1 Å². The van der Waals surface area contributed by atoms with E-state index in [-0.39, 0.29) is 11.3 Å². The van der Waals surface area contributed by atoms with Crippen molar-refractivity contribution in [2.75, 3.05) is 25.6 Å². The molecule has 1 aromatic rings. The van der Waals surface area contributed by atoms with Crippen LogP contribution in [0, 0.1) is 5.41 Å². The Bertz CT molecular complexity index is 470. The van der Waals surface area contributed by atoms with Gasteiger partial charge in [0.1, 0.15) is 0 Å². The van der Waals surface area contributed by atoms with Crippen LogP contribution in [-0.2, 0) is 4.79 Å². The summed E-state index contributed by atoms with van der Waals surface area (Å²) in [5.74, 6) is 1.27. The Labute approximate surface area is 113 Å².